The molecule has 1 nitrogen and oxygen atoms in total. The van der Waals surface area contributed by atoms with E-state index in [1.807, 2.05) is 0 Å². The maximum absolute atomic E-state index is 5.39. The Balaban J connectivity index is 1.80. The van der Waals surface area contributed by atoms with E-state index in [9.17, 15) is 0 Å². The number of fused-ring (bicyclic) bond motifs is 2. The van der Waals surface area contributed by atoms with Crippen molar-refractivity contribution in [3.63, 3.8) is 0 Å². The number of aryl methyl sites for hydroxylation is 2. The topological polar surface area (TPSA) is 12.9 Å². The summed E-state index contributed by atoms with van der Waals surface area (Å²) in [7, 11) is -2.61. The average Bonchev–Trinajstić information content (AvgIpc) is 2.89. The predicted molar refractivity (Wildman–Crippen MR) is 148 cm³/mol. The van der Waals surface area contributed by atoms with Gasteiger partial charge in [-0.05, 0) is 35.5 Å². The van der Waals surface area contributed by atoms with Crippen molar-refractivity contribution < 1.29 is 0 Å². The van der Waals surface area contributed by atoms with Crippen LogP contribution >= 0.6 is 0 Å². The van der Waals surface area contributed by atoms with Gasteiger partial charge in [0.1, 0.15) is 0 Å². The standard InChI is InChI=1S/C31H26BNSi/c1-23-13-9-10-18-27(23)32-28-19-11-12-20-30(28)34(25-14-5-3-6-15-25,26-16-7-4-8-17-26)31-29(32)22-21-24(2)33-31/h3-22H,1-2H3. The van der Waals surface area contributed by atoms with Gasteiger partial charge in [0.05, 0.1) is 0 Å². The predicted octanol–water partition coefficient (Wildman–Crippen LogP) is 1.91. The lowest BCUT2D eigenvalue weighted by Crippen LogP contribution is -2.87. The first kappa shape index (κ1) is 20.9. The highest BCUT2D eigenvalue weighted by molar-refractivity contribution is 7.26. The zero-order valence-corrected chi connectivity index (χ0v) is 20.6. The summed E-state index contributed by atoms with van der Waals surface area (Å²) in [4.78, 5) is 5.39. The molecule has 1 aliphatic heterocycles. The summed E-state index contributed by atoms with van der Waals surface area (Å²) in [6.45, 7) is 4.53. The summed E-state index contributed by atoms with van der Waals surface area (Å²) >= 11 is 0. The smallest absolute Gasteiger partial charge is 0.243 e. The SMILES string of the molecule is Cc1ccc2c(n1)[Si](c1ccccc1)(c1ccccc1)c1ccccc1B2c1ccccc1C. The Hall–Kier alpha value is -3.69. The number of hydrogen-bond acceptors (Lipinski definition) is 1. The fourth-order valence-corrected chi connectivity index (χ4v) is 11.0. The third-order valence-electron chi connectivity index (χ3n) is 7.32. The number of hydrogen-bond donors (Lipinski definition) is 0. The Morgan fingerprint density at radius 1 is 0.529 bits per heavy atom. The Kier molecular flexibility index (Phi) is 5.08. The first-order valence-corrected chi connectivity index (χ1v) is 13.9. The summed E-state index contributed by atoms with van der Waals surface area (Å²) in [5.74, 6) is 0. The third-order valence-corrected chi connectivity index (χ3v) is 12.1. The zero-order valence-electron chi connectivity index (χ0n) is 19.6. The highest BCUT2D eigenvalue weighted by Gasteiger charge is 2.51. The number of pyridine rings is 1. The van der Waals surface area contributed by atoms with Crippen LogP contribution in [0.25, 0.3) is 0 Å². The maximum Gasteiger partial charge on any atom is 0.243 e. The Morgan fingerprint density at radius 3 is 1.74 bits per heavy atom. The second-order valence-electron chi connectivity index (χ2n) is 9.25. The van der Waals surface area contributed by atoms with Crippen LogP contribution in [-0.4, -0.2) is 19.8 Å². The highest BCUT2D eigenvalue weighted by Crippen LogP contribution is 2.12. The highest BCUT2D eigenvalue weighted by atomic mass is 28.3. The van der Waals surface area contributed by atoms with E-state index in [2.05, 4.69) is 135 Å². The molecule has 0 amide bonds. The summed E-state index contributed by atoms with van der Waals surface area (Å²) < 4.78 is 0. The van der Waals surface area contributed by atoms with Crippen molar-refractivity contribution in [3.05, 3.63) is 133 Å². The van der Waals surface area contributed by atoms with E-state index in [1.54, 1.807) is 0 Å². The van der Waals surface area contributed by atoms with E-state index >= 15 is 0 Å². The fourth-order valence-electron chi connectivity index (χ4n) is 5.86. The van der Waals surface area contributed by atoms with Gasteiger partial charge in [-0.3, -0.25) is 4.98 Å². The molecular formula is C31H26BNSi. The van der Waals surface area contributed by atoms with Crippen molar-refractivity contribution in [2.45, 2.75) is 13.8 Å². The van der Waals surface area contributed by atoms with Gasteiger partial charge in [-0.2, -0.15) is 0 Å². The normalized spacial score (nSPS) is 13.8. The molecule has 1 aromatic heterocycles. The van der Waals surface area contributed by atoms with Crippen LogP contribution in [0.4, 0.5) is 0 Å². The number of benzene rings is 4. The molecule has 0 saturated carbocycles. The molecule has 0 fully saturated rings. The molecule has 0 radical (unpaired) electrons. The van der Waals surface area contributed by atoms with E-state index in [0.717, 1.165) is 5.69 Å². The Labute approximate surface area is 203 Å². The first-order valence-electron chi connectivity index (χ1n) is 11.9. The molecule has 0 spiro atoms. The van der Waals surface area contributed by atoms with E-state index in [0.29, 0.717) is 0 Å². The molecule has 162 valence electrons. The van der Waals surface area contributed by atoms with Gasteiger partial charge < -0.3 is 0 Å². The van der Waals surface area contributed by atoms with Gasteiger partial charge in [0.15, 0.2) is 0 Å². The minimum atomic E-state index is -2.61. The van der Waals surface area contributed by atoms with Gasteiger partial charge in [-0.25, -0.2) is 0 Å². The summed E-state index contributed by atoms with van der Waals surface area (Å²) in [6.07, 6.45) is 0. The molecule has 34 heavy (non-hydrogen) atoms. The van der Waals surface area contributed by atoms with Gasteiger partial charge in [-0.1, -0.05) is 137 Å². The quantitative estimate of drug-likeness (QED) is 0.375. The Bertz CT molecular complexity index is 1440. The van der Waals surface area contributed by atoms with Crippen molar-refractivity contribution in [1.82, 2.24) is 4.98 Å². The van der Waals surface area contributed by atoms with Gasteiger partial charge in [0.25, 0.3) is 0 Å². The molecule has 1 aliphatic rings. The van der Waals surface area contributed by atoms with Crippen LogP contribution in [-0.2, 0) is 0 Å². The number of rotatable bonds is 3. The van der Waals surface area contributed by atoms with E-state index in [4.69, 9.17) is 4.98 Å². The molecule has 4 aromatic carbocycles. The zero-order chi connectivity index (χ0) is 23.1. The van der Waals surface area contributed by atoms with Gasteiger partial charge in [-0.15, -0.1) is 0 Å². The number of nitrogens with zero attached hydrogens (tertiary/aromatic N) is 1. The number of aromatic nitrogens is 1. The van der Waals surface area contributed by atoms with Crippen LogP contribution in [0.3, 0.4) is 0 Å². The molecule has 2 heterocycles. The molecule has 0 bridgehead atoms. The van der Waals surface area contributed by atoms with Crippen molar-refractivity contribution in [3.8, 4) is 0 Å². The van der Waals surface area contributed by atoms with Crippen molar-refractivity contribution in [2.24, 2.45) is 0 Å². The Morgan fingerprint density at radius 2 is 1.09 bits per heavy atom. The lowest BCUT2D eigenvalue weighted by atomic mass is 9.36. The van der Waals surface area contributed by atoms with Crippen LogP contribution in [0.15, 0.2) is 121 Å². The molecule has 5 aromatic rings. The summed E-state index contributed by atoms with van der Waals surface area (Å²) in [5, 5.41) is 5.50. The molecule has 0 atom stereocenters. The fraction of sp³-hybridized carbons (Fsp3) is 0.0645. The van der Waals surface area contributed by atoms with Crippen molar-refractivity contribution >= 4 is 52.1 Å². The summed E-state index contributed by atoms with van der Waals surface area (Å²) in [6, 6.07) is 44.7. The lowest BCUT2D eigenvalue weighted by molar-refractivity contribution is 1.24. The maximum atomic E-state index is 5.39. The van der Waals surface area contributed by atoms with Crippen molar-refractivity contribution in [1.29, 1.82) is 0 Å². The van der Waals surface area contributed by atoms with Crippen LogP contribution < -0.4 is 37.3 Å². The molecule has 6 rings (SSSR count). The second-order valence-corrected chi connectivity index (χ2v) is 12.9. The van der Waals surface area contributed by atoms with Crippen molar-refractivity contribution in [2.75, 3.05) is 0 Å². The van der Waals surface area contributed by atoms with Crippen LogP contribution in [0, 0.1) is 13.8 Å². The van der Waals surface area contributed by atoms with Crippen LogP contribution in [0.2, 0.25) is 0 Å². The van der Waals surface area contributed by atoms with E-state index in [1.165, 1.54) is 42.8 Å². The van der Waals surface area contributed by atoms with Gasteiger partial charge in [0.2, 0.25) is 14.8 Å². The van der Waals surface area contributed by atoms with Gasteiger partial charge >= 0.3 is 0 Å². The van der Waals surface area contributed by atoms with Crippen LogP contribution in [0.1, 0.15) is 11.3 Å². The monoisotopic (exact) mass is 451 g/mol. The average molecular weight is 451 g/mol. The minimum absolute atomic E-state index is 0.175. The van der Waals surface area contributed by atoms with E-state index in [-0.39, 0.29) is 6.71 Å². The third kappa shape index (κ3) is 3.04. The summed E-state index contributed by atoms with van der Waals surface area (Å²) in [5.41, 5.74) is 6.52. The largest absolute Gasteiger partial charge is 0.262 e. The molecular weight excluding hydrogens is 425 g/mol. The molecule has 0 unspecified atom stereocenters. The van der Waals surface area contributed by atoms with Crippen LogP contribution in [0.5, 0.6) is 0 Å². The molecule has 3 heteroatoms. The second kappa shape index (κ2) is 8.27. The van der Waals surface area contributed by atoms with Gasteiger partial charge in [0, 0.05) is 11.0 Å². The van der Waals surface area contributed by atoms with E-state index < -0.39 is 8.07 Å². The molecule has 0 aliphatic carbocycles. The minimum Gasteiger partial charge on any atom is -0.262 e. The lowest BCUT2D eigenvalue weighted by Gasteiger charge is -2.42. The first-order chi connectivity index (χ1) is 16.7. The molecule has 0 N–H and O–H groups in total. The molecule has 0 saturated heterocycles.